The van der Waals surface area contributed by atoms with E-state index in [1.54, 1.807) is 16.7 Å². The predicted octanol–water partition coefficient (Wildman–Crippen LogP) is 0.637. The van der Waals surface area contributed by atoms with Crippen molar-refractivity contribution in [3.8, 4) is 0 Å². The van der Waals surface area contributed by atoms with Gasteiger partial charge in [-0.25, -0.2) is 13.6 Å². The van der Waals surface area contributed by atoms with E-state index in [1.807, 2.05) is 0 Å². The summed E-state index contributed by atoms with van der Waals surface area (Å²) in [7, 11) is -2.72. The van der Waals surface area contributed by atoms with Gasteiger partial charge in [0, 0.05) is 6.54 Å². The molecule has 3 amide bonds. The van der Waals surface area contributed by atoms with Crippen molar-refractivity contribution < 1.29 is 32.3 Å². The SMILES string of the molecule is COC(=O)CCn1c(=NC(=O)CN2C(=O)c3ccccc3C2=O)sc2cc(S(N)(=O)=O)ccc21. The molecular weight excluding hydrogens is 484 g/mol. The largest absolute Gasteiger partial charge is 0.469 e. The molecule has 0 unspecified atom stereocenters. The number of fused-ring (bicyclic) bond motifs is 2. The molecule has 0 spiro atoms. The van der Waals surface area contributed by atoms with Crippen molar-refractivity contribution in [2.45, 2.75) is 17.9 Å². The zero-order chi connectivity index (χ0) is 24.6. The van der Waals surface area contributed by atoms with Crippen molar-refractivity contribution in [1.29, 1.82) is 0 Å². The van der Waals surface area contributed by atoms with E-state index in [-0.39, 0.29) is 33.8 Å². The van der Waals surface area contributed by atoms with Crippen molar-refractivity contribution in [3.05, 3.63) is 58.4 Å². The average molecular weight is 503 g/mol. The second-order valence-corrected chi connectivity index (χ2v) is 9.86. The number of esters is 1. The molecule has 13 heteroatoms. The summed E-state index contributed by atoms with van der Waals surface area (Å²) in [6, 6.07) is 10.4. The number of hydrogen-bond donors (Lipinski definition) is 1. The van der Waals surface area contributed by atoms with Gasteiger partial charge in [0.05, 0.1) is 39.8 Å². The van der Waals surface area contributed by atoms with Crippen LogP contribution in [0.15, 0.2) is 52.4 Å². The van der Waals surface area contributed by atoms with Crippen molar-refractivity contribution in [3.63, 3.8) is 0 Å². The molecule has 0 aliphatic carbocycles. The Morgan fingerprint density at radius 1 is 1.09 bits per heavy atom. The highest BCUT2D eigenvalue weighted by Gasteiger charge is 2.36. The Hall–Kier alpha value is -3.68. The fraction of sp³-hybridized carbons (Fsp3) is 0.190. The second-order valence-electron chi connectivity index (χ2n) is 7.28. The molecular formula is C21H18N4O7S2. The number of rotatable bonds is 6. The lowest BCUT2D eigenvalue weighted by atomic mass is 10.1. The van der Waals surface area contributed by atoms with Gasteiger partial charge in [-0.3, -0.25) is 24.1 Å². The molecule has 0 radical (unpaired) electrons. The monoisotopic (exact) mass is 502 g/mol. The Morgan fingerprint density at radius 3 is 2.32 bits per heavy atom. The van der Waals surface area contributed by atoms with Crippen molar-refractivity contribution in [1.82, 2.24) is 9.47 Å². The number of nitrogens with zero attached hydrogens (tertiary/aromatic N) is 3. The van der Waals surface area contributed by atoms with E-state index in [1.165, 1.54) is 37.4 Å². The summed E-state index contributed by atoms with van der Waals surface area (Å²) in [4.78, 5) is 54.4. The minimum atomic E-state index is -3.96. The maximum Gasteiger partial charge on any atom is 0.307 e. The van der Waals surface area contributed by atoms with Crippen LogP contribution >= 0.6 is 11.3 Å². The molecule has 11 nitrogen and oxygen atoms in total. The molecule has 0 atom stereocenters. The van der Waals surface area contributed by atoms with Crippen LogP contribution in [-0.2, 0) is 30.9 Å². The fourth-order valence-corrected chi connectivity index (χ4v) is 5.22. The number of aryl methyl sites for hydroxylation is 1. The quantitative estimate of drug-likeness (QED) is 0.382. The van der Waals surface area contributed by atoms with Gasteiger partial charge in [0.15, 0.2) is 4.80 Å². The Kier molecular flexibility index (Phi) is 6.17. The van der Waals surface area contributed by atoms with Crippen LogP contribution in [0.5, 0.6) is 0 Å². The number of amides is 3. The number of nitrogens with two attached hydrogens (primary N) is 1. The third-order valence-corrected chi connectivity index (χ3v) is 7.09. The van der Waals surface area contributed by atoms with Gasteiger partial charge in [-0.05, 0) is 30.3 Å². The van der Waals surface area contributed by atoms with Crippen molar-refractivity contribution in [2.24, 2.45) is 10.1 Å². The zero-order valence-corrected chi connectivity index (χ0v) is 19.4. The number of sulfonamides is 1. The van der Waals surface area contributed by atoms with Gasteiger partial charge in [-0.15, -0.1) is 0 Å². The molecule has 4 rings (SSSR count). The summed E-state index contributed by atoms with van der Waals surface area (Å²) in [6.45, 7) is -0.472. The summed E-state index contributed by atoms with van der Waals surface area (Å²) in [5.41, 5.74) is 0.949. The third-order valence-electron chi connectivity index (χ3n) is 5.14. The third kappa shape index (κ3) is 4.40. The average Bonchev–Trinajstić information content (AvgIpc) is 3.26. The van der Waals surface area contributed by atoms with Crippen LogP contribution in [-0.4, -0.2) is 55.2 Å². The van der Waals surface area contributed by atoms with Crippen LogP contribution < -0.4 is 9.94 Å². The summed E-state index contributed by atoms with van der Waals surface area (Å²) >= 11 is 1.00. The molecule has 3 aromatic rings. The predicted molar refractivity (Wildman–Crippen MR) is 120 cm³/mol. The lowest BCUT2D eigenvalue weighted by Gasteiger charge is -2.10. The summed E-state index contributed by atoms with van der Waals surface area (Å²) in [5, 5.41) is 5.21. The number of methoxy groups -OCH3 is 1. The maximum absolute atomic E-state index is 12.7. The van der Waals surface area contributed by atoms with Crippen LogP contribution in [0.2, 0.25) is 0 Å². The highest BCUT2D eigenvalue weighted by Crippen LogP contribution is 2.23. The highest BCUT2D eigenvalue weighted by molar-refractivity contribution is 7.89. The van der Waals surface area contributed by atoms with E-state index in [4.69, 9.17) is 5.14 Å². The minimum Gasteiger partial charge on any atom is -0.469 e. The molecule has 1 aliphatic heterocycles. The molecule has 1 aromatic heterocycles. The van der Waals surface area contributed by atoms with E-state index in [9.17, 15) is 27.6 Å². The number of thiazole rings is 1. The molecule has 0 saturated heterocycles. The lowest BCUT2D eigenvalue weighted by Crippen LogP contribution is -2.35. The smallest absolute Gasteiger partial charge is 0.307 e. The Balaban J connectivity index is 1.71. The Labute approximate surface area is 197 Å². The maximum atomic E-state index is 12.7. The van der Waals surface area contributed by atoms with Crippen LogP contribution in [0.25, 0.3) is 10.2 Å². The number of carbonyl (C=O) groups is 4. The van der Waals surface area contributed by atoms with Crippen LogP contribution in [0.3, 0.4) is 0 Å². The minimum absolute atomic E-state index is 0.0287. The number of benzene rings is 2. The summed E-state index contributed by atoms with van der Waals surface area (Å²) in [5.74, 6) is -2.43. The van der Waals surface area contributed by atoms with Gasteiger partial charge < -0.3 is 9.30 Å². The molecule has 34 heavy (non-hydrogen) atoms. The topological polar surface area (TPSA) is 158 Å². The van der Waals surface area contributed by atoms with Gasteiger partial charge >= 0.3 is 5.97 Å². The number of hydrogen-bond acceptors (Lipinski definition) is 8. The number of carbonyl (C=O) groups excluding carboxylic acids is 4. The van der Waals surface area contributed by atoms with Gasteiger partial charge in [0.25, 0.3) is 17.7 Å². The van der Waals surface area contributed by atoms with Crippen molar-refractivity contribution in [2.75, 3.05) is 13.7 Å². The normalized spacial score (nSPS) is 14.1. The number of imide groups is 1. The van der Waals surface area contributed by atoms with Crippen LogP contribution in [0, 0.1) is 0 Å². The van der Waals surface area contributed by atoms with Crippen LogP contribution in [0.4, 0.5) is 0 Å². The second kappa shape index (κ2) is 8.93. The number of aromatic nitrogens is 1. The molecule has 0 bridgehead atoms. The first-order valence-electron chi connectivity index (χ1n) is 9.86. The van der Waals surface area contributed by atoms with E-state index in [0.29, 0.717) is 10.2 Å². The first-order chi connectivity index (χ1) is 16.1. The molecule has 0 saturated carbocycles. The van der Waals surface area contributed by atoms with Crippen LogP contribution in [0.1, 0.15) is 27.1 Å². The zero-order valence-electron chi connectivity index (χ0n) is 17.8. The molecule has 0 fully saturated rings. The molecule has 2 heterocycles. The van der Waals surface area contributed by atoms with Gasteiger partial charge in [-0.1, -0.05) is 23.5 Å². The Bertz CT molecular complexity index is 1500. The first kappa shape index (κ1) is 23.5. The van der Waals surface area contributed by atoms with Gasteiger partial charge in [-0.2, -0.15) is 4.99 Å². The lowest BCUT2D eigenvalue weighted by molar-refractivity contribution is -0.140. The Morgan fingerprint density at radius 2 is 1.74 bits per heavy atom. The van der Waals surface area contributed by atoms with E-state index >= 15 is 0 Å². The van der Waals surface area contributed by atoms with E-state index < -0.39 is 40.3 Å². The number of ether oxygens (including phenoxy) is 1. The first-order valence-corrected chi connectivity index (χ1v) is 12.2. The molecule has 176 valence electrons. The van der Waals surface area contributed by atoms with E-state index in [0.717, 1.165) is 16.2 Å². The van der Waals surface area contributed by atoms with Gasteiger partial charge in [0.1, 0.15) is 6.54 Å². The fourth-order valence-electron chi connectivity index (χ4n) is 3.50. The van der Waals surface area contributed by atoms with Gasteiger partial charge in [0.2, 0.25) is 10.0 Å². The van der Waals surface area contributed by atoms with Crippen molar-refractivity contribution >= 4 is 55.3 Å². The summed E-state index contributed by atoms with van der Waals surface area (Å²) in [6.07, 6.45) is -0.0287. The molecule has 2 aromatic carbocycles. The highest BCUT2D eigenvalue weighted by atomic mass is 32.2. The standard InChI is InChI=1S/C21H18N4O7S2/c1-32-18(27)8-9-24-15-7-6-12(34(22,30)31)10-16(15)33-21(24)23-17(26)11-25-19(28)13-4-2-3-5-14(13)20(25)29/h2-7,10H,8-9,11H2,1H3,(H2,22,30,31). The molecule has 1 aliphatic rings. The molecule has 2 N–H and O–H groups in total. The summed E-state index contributed by atoms with van der Waals surface area (Å²) < 4.78 is 30.1. The van der Waals surface area contributed by atoms with E-state index in [2.05, 4.69) is 9.73 Å². The number of primary sulfonamides is 1.